The highest BCUT2D eigenvalue weighted by molar-refractivity contribution is 9.10. The smallest absolute Gasteiger partial charge is 0.131 e. The lowest BCUT2D eigenvalue weighted by Crippen LogP contribution is -2.12. The van der Waals surface area contributed by atoms with Crippen molar-refractivity contribution in [3.8, 4) is 11.5 Å². The number of hydrogen-bond donors (Lipinski definition) is 1. The first kappa shape index (κ1) is 15.4. The van der Waals surface area contributed by atoms with Crippen LogP contribution in [0.3, 0.4) is 0 Å². The molecule has 2 aromatic carbocycles. The fraction of sp³-hybridized carbons (Fsp3) is 0.250. The van der Waals surface area contributed by atoms with Crippen LogP contribution in [0, 0.1) is 6.92 Å². The Morgan fingerprint density at radius 2 is 1.95 bits per heavy atom. The molecule has 0 aliphatic rings. The van der Waals surface area contributed by atoms with Gasteiger partial charge < -0.3 is 10.1 Å². The van der Waals surface area contributed by atoms with E-state index in [1.165, 1.54) is 5.56 Å². The first-order chi connectivity index (χ1) is 9.51. The normalized spacial score (nSPS) is 12.2. The average Bonchev–Trinajstić information content (AvgIpc) is 2.42. The maximum absolute atomic E-state index is 6.00. The Morgan fingerprint density at radius 1 is 1.20 bits per heavy atom. The van der Waals surface area contributed by atoms with E-state index in [9.17, 15) is 0 Å². The lowest BCUT2D eigenvalue weighted by atomic mass is 10.1. The Balaban J connectivity index is 2.26. The Morgan fingerprint density at radius 3 is 2.60 bits per heavy atom. The third-order valence-corrected chi connectivity index (χ3v) is 4.17. The third-order valence-electron chi connectivity index (χ3n) is 3.25. The van der Waals surface area contributed by atoms with Crippen molar-refractivity contribution in [2.24, 2.45) is 0 Å². The van der Waals surface area contributed by atoms with Crippen LogP contribution in [0.15, 0.2) is 40.9 Å². The predicted octanol–water partition coefficient (Wildman–Crippen LogP) is 5.48. The van der Waals surface area contributed by atoms with Crippen molar-refractivity contribution < 1.29 is 4.74 Å². The molecule has 2 rings (SSSR count). The minimum atomic E-state index is 0.284. The molecule has 0 amide bonds. The summed E-state index contributed by atoms with van der Waals surface area (Å²) in [7, 11) is 1.94. The molecule has 20 heavy (non-hydrogen) atoms. The van der Waals surface area contributed by atoms with Crippen molar-refractivity contribution in [1.82, 2.24) is 5.32 Å². The van der Waals surface area contributed by atoms with Gasteiger partial charge in [-0.2, -0.15) is 0 Å². The second-order valence-corrected chi connectivity index (χ2v) is 6.00. The van der Waals surface area contributed by atoms with E-state index in [1.54, 1.807) is 0 Å². The summed E-state index contributed by atoms with van der Waals surface area (Å²) in [5.74, 6) is 1.56. The summed E-state index contributed by atoms with van der Waals surface area (Å²) in [5, 5.41) is 3.89. The molecule has 0 aromatic heterocycles. The fourth-order valence-electron chi connectivity index (χ4n) is 1.89. The molecule has 0 saturated heterocycles. The molecular weight excluding hydrogens is 338 g/mol. The van der Waals surface area contributed by atoms with E-state index in [2.05, 4.69) is 34.2 Å². The number of rotatable bonds is 4. The van der Waals surface area contributed by atoms with Crippen molar-refractivity contribution >= 4 is 27.5 Å². The van der Waals surface area contributed by atoms with Gasteiger partial charge in [-0.1, -0.05) is 39.7 Å². The summed E-state index contributed by atoms with van der Waals surface area (Å²) in [5.41, 5.74) is 2.25. The molecule has 0 spiro atoms. The number of nitrogens with one attached hydrogen (secondary N) is 1. The maximum atomic E-state index is 6.00. The average molecular weight is 355 g/mol. The highest BCUT2D eigenvalue weighted by Gasteiger charge is 2.09. The monoisotopic (exact) mass is 353 g/mol. The van der Waals surface area contributed by atoms with Crippen LogP contribution in [0.25, 0.3) is 0 Å². The fourth-order valence-corrected chi connectivity index (χ4v) is 2.75. The summed E-state index contributed by atoms with van der Waals surface area (Å²) in [6, 6.07) is 11.9. The van der Waals surface area contributed by atoms with Gasteiger partial charge in [-0.3, -0.25) is 0 Å². The molecule has 0 fully saturated rings. The third kappa shape index (κ3) is 3.54. The van der Waals surface area contributed by atoms with Gasteiger partial charge in [0.2, 0.25) is 0 Å². The van der Waals surface area contributed by atoms with Crippen molar-refractivity contribution in [2.75, 3.05) is 7.05 Å². The molecule has 0 aliphatic heterocycles. The first-order valence-corrected chi connectivity index (χ1v) is 7.59. The van der Waals surface area contributed by atoms with Gasteiger partial charge in [0.15, 0.2) is 0 Å². The molecule has 0 radical (unpaired) electrons. The molecule has 1 unspecified atom stereocenters. The highest BCUT2D eigenvalue weighted by Crippen LogP contribution is 2.32. The van der Waals surface area contributed by atoms with Crippen molar-refractivity contribution in [3.05, 3.63) is 57.0 Å². The SMILES string of the molecule is CNC(C)c1ccc(Oc2cc(Cl)ccc2C)cc1Br. The number of ether oxygens (including phenoxy) is 1. The topological polar surface area (TPSA) is 21.3 Å². The van der Waals surface area contributed by atoms with Gasteiger partial charge in [0, 0.05) is 15.5 Å². The zero-order valence-corrected chi connectivity index (χ0v) is 14.0. The lowest BCUT2D eigenvalue weighted by molar-refractivity contribution is 0.478. The van der Waals surface area contributed by atoms with Gasteiger partial charge in [-0.25, -0.2) is 0 Å². The van der Waals surface area contributed by atoms with Gasteiger partial charge >= 0.3 is 0 Å². The Labute approximate surface area is 133 Å². The van der Waals surface area contributed by atoms with Crippen LogP contribution >= 0.6 is 27.5 Å². The van der Waals surface area contributed by atoms with Crippen LogP contribution in [0.1, 0.15) is 24.1 Å². The number of benzene rings is 2. The van der Waals surface area contributed by atoms with Crippen molar-refractivity contribution in [1.29, 1.82) is 0 Å². The molecule has 0 aliphatic carbocycles. The van der Waals surface area contributed by atoms with E-state index in [4.69, 9.17) is 16.3 Å². The summed E-state index contributed by atoms with van der Waals surface area (Å²) < 4.78 is 6.93. The predicted molar refractivity (Wildman–Crippen MR) is 87.9 cm³/mol. The van der Waals surface area contributed by atoms with Gasteiger partial charge in [0.1, 0.15) is 11.5 Å². The van der Waals surface area contributed by atoms with Crippen molar-refractivity contribution in [3.63, 3.8) is 0 Å². The van der Waals surface area contributed by atoms with Crippen LogP contribution in [0.2, 0.25) is 5.02 Å². The van der Waals surface area contributed by atoms with Crippen molar-refractivity contribution in [2.45, 2.75) is 19.9 Å². The molecule has 2 nitrogen and oxygen atoms in total. The lowest BCUT2D eigenvalue weighted by Gasteiger charge is -2.15. The first-order valence-electron chi connectivity index (χ1n) is 6.42. The minimum absolute atomic E-state index is 0.284. The molecule has 1 N–H and O–H groups in total. The Kier molecular flexibility index (Phi) is 5.08. The Bertz CT molecular complexity index is 615. The second-order valence-electron chi connectivity index (χ2n) is 4.71. The molecule has 0 bridgehead atoms. The van der Waals surface area contributed by atoms with Gasteiger partial charge in [-0.15, -0.1) is 0 Å². The second kappa shape index (κ2) is 6.61. The van der Waals surface area contributed by atoms with Crippen LogP contribution in [0.5, 0.6) is 11.5 Å². The highest BCUT2D eigenvalue weighted by atomic mass is 79.9. The van der Waals surface area contributed by atoms with Crippen LogP contribution < -0.4 is 10.1 Å². The van der Waals surface area contributed by atoms with E-state index < -0.39 is 0 Å². The van der Waals surface area contributed by atoms with Crippen LogP contribution in [0.4, 0.5) is 0 Å². The molecule has 1 atom stereocenters. The van der Waals surface area contributed by atoms with Gasteiger partial charge in [0.05, 0.1) is 0 Å². The summed E-state index contributed by atoms with van der Waals surface area (Å²) in [6.45, 7) is 4.11. The number of aryl methyl sites for hydroxylation is 1. The molecule has 4 heteroatoms. The standard InChI is InChI=1S/C16H17BrClNO/c1-10-4-5-12(18)8-16(10)20-13-6-7-14(11(2)19-3)15(17)9-13/h4-9,11,19H,1-3H3. The quantitative estimate of drug-likeness (QED) is 0.784. The zero-order chi connectivity index (χ0) is 14.7. The summed E-state index contributed by atoms with van der Waals surface area (Å²) in [6.07, 6.45) is 0. The molecule has 0 heterocycles. The summed E-state index contributed by atoms with van der Waals surface area (Å²) in [4.78, 5) is 0. The van der Waals surface area contributed by atoms with E-state index >= 15 is 0 Å². The van der Waals surface area contributed by atoms with Crippen LogP contribution in [-0.4, -0.2) is 7.05 Å². The minimum Gasteiger partial charge on any atom is -0.457 e. The molecule has 106 valence electrons. The summed E-state index contributed by atoms with van der Waals surface area (Å²) >= 11 is 9.59. The largest absolute Gasteiger partial charge is 0.457 e. The van der Waals surface area contributed by atoms with E-state index in [-0.39, 0.29) is 6.04 Å². The van der Waals surface area contributed by atoms with Crippen LogP contribution in [-0.2, 0) is 0 Å². The van der Waals surface area contributed by atoms with Gasteiger partial charge in [-0.05, 0) is 56.3 Å². The molecular formula is C16H17BrClNO. The number of hydrogen-bond acceptors (Lipinski definition) is 2. The Hall–Kier alpha value is -1.03. The molecule has 2 aromatic rings. The number of halogens is 2. The van der Waals surface area contributed by atoms with Gasteiger partial charge in [0.25, 0.3) is 0 Å². The van der Waals surface area contributed by atoms with E-state index in [1.807, 2.05) is 44.3 Å². The van der Waals surface area contributed by atoms with E-state index in [0.29, 0.717) is 5.02 Å². The molecule has 0 saturated carbocycles. The maximum Gasteiger partial charge on any atom is 0.131 e. The van der Waals surface area contributed by atoms with E-state index in [0.717, 1.165) is 21.5 Å². The zero-order valence-electron chi connectivity index (χ0n) is 11.7.